The summed E-state index contributed by atoms with van der Waals surface area (Å²) in [7, 11) is 0. The number of hydrogen-bond acceptors (Lipinski definition) is 11. The minimum Gasteiger partial charge on any atom is -0.491 e. The standard InChI is InChI=1S/C40H72O11/c1-2-3-4-5-6-7-8-9-10-11-12-13-17-20-40(41)51-38-36-49-34-32-47-30-28-45-26-24-43-22-21-42-23-25-44-27-29-46-31-33-48-35-37-50-39-18-15-14-16-19-39/h14-16,18-19H,2-13,17,20-38H2,1H3. The van der Waals surface area contributed by atoms with E-state index in [9.17, 15) is 4.79 Å². The van der Waals surface area contributed by atoms with Gasteiger partial charge in [0.1, 0.15) is 19.0 Å². The molecule has 1 aromatic rings. The van der Waals surface area contributed by atoms with Gasteiger partial charge >= 0.3 is 5.97 Å². The van der Waals surface area contributed by atoms with Gasteiger partial charge < -0.3 is 47.4 Å². The van der Waals surface area contributed by atoms with Crippen molar-refractivity contribution in [2.75, 3.05) is 119 Å². The largest absolute Gasteiger partial charge is 0.491 e. The van der Waals surface area contributed by atoms with Crippen molar-refractivity contribution < 1.29 is 52.2 Å². The second-order valence-electron chi connectivity index (χ2n) is 12.3. The fourth-order valence-electron chi connectivity index (χ4n) is 4.95. The molecule has 0 saturated carbocycles. The van der Waals surface area contributed by atoms with Crippen molar-refractivity contribution >= 4 is 5.97 Å². The van der Waals surface area contributed by atoms with Crippen LogP contribution in [-0.2, 0) is 47.4 Å². The molecule has 0 bridgehead atoms. The van der Waals surface area contributed by atoms with Crippen LogP contribution in [0.3, 0.4) is 0 Å². The van der Waals surface area contributed by atoms with E-state index < -0.39 is 0 Å². The molecule has 0 heterocycles. The van der Waals surface area contributed by atoms with E-state index >= 15 is 0 Å². The van der Waals surface area contributed by atoms with Crippen molar-refractivity contribution in [3.05, 3.63) is 30.3 Å². The zero-order valence-corrected chi connectivity index (χ0v) is 32.0. The number of esters is 1. The van der Waals surface area contributed by atoms with Gasteiger partial charge in [-0.1, -0.05) is 102 Å². The maximum absolute atomic E-state index is 11.9. The maximum atomic E-state index is 11.9. The molecule has 1 aromatic carbocycles. The monoisotopic (exact) mass is 729 g/mol. The summed E-state index contributed by atoms with van der Waals surface area (Å²) in [4.78, 5) is 11.9. The molecule has 0 amide bonds. The van der Waals surface area contributed by atoms with Crippen LogP contribution >= 0.6 is 0 Å². The van der Waals surface area contributed by atoms with Gasteiger partial charge in [0.2, 0.25) is 0 Å². The molecule has 51 heavy (non-hydrogen) atoms. The summed E-state index contributed by atoms with van der Waals surface area (Å²) in [5.41, 5.74) is 0. The fraction of sp³-hybridized carbons (Fsp3) is 0.825. The lowest BCUT2D eigenvalue weighted by molar-refractivity contribution is -0.145. The average molecular weight is 729 g/mol. The predicted octanol–water partition coefficient (Wildman–Crippen LogP) is 7.22. The Kier molecular flexibility index (Phi) is 37.9. The summed E-state index contributed by atoms with van der Waals surface area (Å²) in [6, 6.07) is 9.68. The van der Waals surface area contributed by atoms with Crippen molar-refractivity contribution in [1.29, 1.82) is 0 Å². The minimum absolute atomic E-state index is 0.130. The number of unbranched alkanes of at least 4 members (excludes halogenated alkanes) is 12. The zero-order valence-electron chi connectivity index (χ0n) is 32.0. The molecule has 0 aliphatic carbocycles. The Morgan fingerprint density at radius 1 is 0.392 bits per heavy atom. The van der Waals surface area contributed by atoms with Crippen LogP contribution in [0.2, 0.25) is 0 Å². The van der Waals surface area contributed by atoms with Crippen molar-refractivity contribution in [3.8, 4) is 5.75 Å². The molecule has 11 nitrogen and oxygen atoms in total. The van der Waals surface area contributed by atoms with Gasteiger partial charge in [-0.3, -0.25) is 4.79 Å². The molecule has 0 saturated heterocycles. The Hall–Kier alpha value is -1.83. The molecule has 0 spiro atoms. The van der Waals surface area contributed by atoms with Gasteiger partial charge in [0.15, 0.2) is 0 Å². The molecule has 298 valence electrons. The first-order chi connectivity index (χ1) is 25.3. The van der Waals surface area contributed by atoms with E-state index in [2.05, 4.69) is 6.92 Å². The van der Waals surface area contributed by atoms with Crippen molar-refractivity contribution in [3.63, 3.8) is 0 Å². The first-order valence-electron chi connectivity index (χ1n) is 19.8. The van der Waals surface area contributed by atoms with Crippen molar-refractivity contribution in [2.45, 2.75) is 96.8 Å². The van der Waals surface area contributed by atoms with Crippen LogP contribution in [0, 0.1) is 0 Å². The van der Waals surface area contributed by atoms with Gasteiger partial charge in [-0.15, -0.1) is 0 Å². The van der Waals surface area contributed by atoms with Gasteiger partial charge in [0.05, 0.1) is 106 Å². The maximum Gasteiger partial charge on any atom is 0.305 e. The molecule has 0 aliphatic heterocycles. The lowest BCUT2D eigenvalue weighted by Crippen LogP contribution is -2.15. The highest BCUT2D eigenvalue weighted by atomic mass is 16.6. The third-order valence-corrected chi connectivity index (χ3v) is 7.82. The number of para-hydroxylation sites is 1. The summed E-state index contributed by atoms with van der Waals surface area (Å²) < 4.78 is 54.7. The Morgan fingerprint density at radius 3 is 1.08 bits per heavy atom. The summed E-state index contributed by atoms with van der Waals surface area (Å²) in [5.74, 6) is 0.714. The van der Waals surface area contributed by atoms with Crippen LogP contribution in [0.5, 0.6) is 5.75 Å². The van der Waals surface area contributed by atoms with Gasteiger partial charge in [-0.2, -0.15) is 0 Å². The van der Waals surface area contributed by atoms with E-state index in [0.29, 0.717) is 125 Å². The van der Waals surface area contributed by atoms with Crippen LogP contribution in [0.25, 0.3) is 0 Å². The quantitative estimate of drug-likeness (QED) is 0.0503. The second-order valence-corrected chi connectivity index (χ2v) is 12.3. The smallest absolute Gasteiger partial charge is 0.305 e. The number of benzene rings is 1. The van der Waals surface area contributed by atoms with Gasteiger partial charge in [-0.05, 0) is 18.6 Å². The van der Waals surface area contributed by atoms with Gasteiger partial charge in [0, 0.05) is 6.42 Å². The van der Waals surface area contributed by atoms with Gasteiger partial charge in [0.25, 0.3) is 0 Å². The molecule has 1 rings (SSSR count). The van der Waals surface area contributed by atoms with Crippen molar-refractivity contribution in [2.24, 2.45) is 0 Å². The number of carbonyl (C=O) groups is 1. The summed E-state index contributed by atoms with van der Waals surface area (Å²) >= 11 is 0. The lowest BCUT2D eigenvalue weighted by Gasteiger charge is -2.09. The normalized spacial score (nSPS) is 11.3. The van der Waals surface area contributed by atoms with E-state index in [4.69, 9.17) is 47.4 Å². The molecular formula is C40H72O11. The zero-order chi connectivity index (χ0) is 36.4. The predicted molar refractivity (Wildman–Crippen MR) is 200 cm³/mol. The van der Waals surface area contributed by atoms with Gasteiger partial charge in [-0.25, -0.2) is 0 Å². The van der Waals surface area contributed by atoms with Crippen LogP contribution in [0.1, 0.15) is 96.8 Å². The van der Waals surface area contributed by atoms with E-state index in [1.807, 2.05) is 30.3 Å². The second kappa shape index (κ2) is 40.9. The Balaban J connectivity index is 1.64. The number of carbonyl (C=O) groups excluding carboxylic acids is 1. The molecule has 0 radical (unpaired) electrons. The lowest BCUT2D eigenvalue weighted by atomic mass is 10.0. The molecule has 0 fully saturated rings. The van der Waals surface area contributed by atoms with E-state index in [1.165, 1.54) is 70.6 Å². The highest BCUT2D eigenvalue weighted by Crippen LogP contribution is 2.13. The fourth-order valence-corrected chi connectivity index (χ4v) is 4.95. The molecule has 0 atom stereocenters. The van der Waals surface area contributed by atoms with Crippen LogP contribution in [0.15, 0.2) is 30.3 Å². The van der Waals surface area contributed by atoms with E-state index in [-0.39, 0.29) is 5.97 Å². The van der Waals surface area contributed by atoms with Crippen molar-refractivity contribution in [1.82, 2.24) is 0 Å². The molecular weight excluding hydrogens is 656 g/mol. The van der Waals surface area contributed by atoms with Crippen LogP contribution in [0.4, 0.5) is 0 Å². The first kappa shape index (κ1) is 47.2. The summed E-state index contributed by atoms with van der Waals surface area (Å²) in [5, 5.41) is 0. The molecule has 11 heteroatoms. The Bertz CT molecular complexity index is 815. The molecule has 0 unspecified atom stereocenters. The Morgan fingerprint density at radius 2 is 0.706 bits per heavy atom. The highest BCUT2D eigenvalue weighted by molar-refractivity contribution is 5.69. The third kappa shape index (κ3) is 37.7. The third-order valence-electron chi connectivity index (χ3n) is 7.82. The summed E-state index contributed by atoms with van der Waals surface area (Å²) in [6.07, 6.45) is 17.3. The molecule has 0 aromatic heterocycles. The Labute approximate surface area is 309 Å². The average Bonchev–Trinajstić information content (AvgIpc) is 3.15. The SMILES string of the molecule is CCCCCCCCCCCCCCCC(=O)OCCOCCOCCOCCOCCOCCOCCOCCOCCOc1ccccc1. The van der Waals surface area contributed by atoms with E-state index in [0.717, 1.165) is 18.6 Å². The molecule has 0 N–H and O–H groups in total. The first-order valence-corrected chi connectivity index (χ1v) is 19.8. The number of ether oxygens (including phenoxy) is 10. The summed E-state index contributed by atoms with van der Waals surface area (Å²) in [6.45, 7) is 11.0. The van der Waals surface area contributed by atoms with Crippen LogP contribution in [-0.4, -0.2) is 125 Å². The highest BCUT2D eigenvalue weighted by Gasteiger charge is 2.03. The topological polar surface area (TPSA) is 109 Å². The molecule has 0 aliphatic rings. The van der Waals surface area contributed by atoms with E-state index in [1.54, 1.807) is 0 Å². The number of rotatable bonds is 42. The number of hydrogen-bond donors (Lipinski definition) is 0. The van der Waals surface area contributed by atoms with Crippen LogP contribution < -0.4 is 4.74 Å². The minimum atomic E-state index is -0.130.